The molecule has 2 fully saturated rings. The Hall–Kier alpha value is -2.17. The molecule has 112 valence electrons. The van der Waals surface area contributed by atoms with E-state index in [2.05, 4.69) is 16.2 Å². The summed E-state index contributed by atoms with van der Waals surface area (Å²) in [4.78, 5) is 19.4. The summed E-state index contributed by atoms with van der Waals surface area (Å²) in [6.07, 6.45) is 7.05. The first kappa shape index (κ1) is 12.4. The number of fused-ring (bicyclic) bond motifs is 4. The minimum atomic E-state index is 0.0117. The van der Waals surface area contributed by atoms with Crippen LogP contribution in [0.4, 0.5) is 0 Å². The fourth-order valence-corrected chi connectivity index (χ4v) is 3.93. The highest BCUT2D eigenvalue weighted by atomic mass is 16.5. The molecule has 5 heteroatoms. The van der Waals surface area contributed by atoms with E-state index in [4.69, 9.17) is 4.52 Å². The van der Waals surface area contributed by atoms with Crippen LogP contribution in [0.5, 0.6) is 0 Å². The van der Waals surface area contributed by atoms with Crippen LogP contribution in [0.3, 0.4) is 0 Å². The van der Waals surface area contributed by atoms with E-state index in [0.717, 1.165) is 43.6 Å². The van der Waals surface area contributed by atoms with Gasteiger partial charge in [-0.05, 0) is 37.3 Å². The Labute approximate surface area is 128 Å². The maximum atomic E-state index is 12.9. The molecule has 1 aliphatic carbocycles. The molecular weight excluding hydrogens is 278 g/mol. The summed E-state index contributed by atoms with van der Waals surface area (Å²) in [6.45, 7) is 0. The van der Waals surface area contributed by atoms with Crippen LogP contribution in [0.15, 0.2) is 28.9 Å². The molecule has 22 heavy (non-hydrogen) atoms. The van der Waals surface area contributed by atoms with Gasteiger partial charge >= 0.3 is 0 Å². The van der Waals surface area contributed by atoms with E-state index in [1.165, 1.54) is 5.56 Å². The van der Waals surface area contributed by atoms with Crippen LogP contribution >= 0.6 is 0 Å². The zero-order valence-electron chi connectivity index (χ0n) is 12.2. The van der Waals surface area contributed by atoms with Gasteiger partial charge in [0.25, 0.3) is 5.91 Å². The molecule has 2 aromatic heterocycles. The minimum Gasteiger partial charge on any atom is -0.360 e. The fraction of sp³-hybridized carbons (Fsp3) is 0.471. The van der Waals surface area contributed by atoms with Gasteiger partial charge in [0.2, 0.25) is 0 Å². The minimum absolute atomic E-state index is 0.0117. The average Bonchev–Trinajstić information content (AvgIpc) is 3.19. The molecule has 2 bridgehead atoms. The summed E-state index contributed by atoms with van der Waals surface area (Å²) < 4.78 is 5.35. The molecule has 0 unspecified atom stereocenters. The van der Waals surface area contributed by atoms with Gasteiger partial charge in [0.15, 0.2) is 5.69 Å². The van der Waals surface area contributed by atoms with Gasteiger partial charge < -0.3 is 9.42 Å². The van der Waals surface area contributed by atoms with Crippen LogP contribution in [0, 0.1) is 0 Å². The number of amides is 1. The third-order valence-electron chi connectivity index (χ3n) is 5.18. The van der Waals surface area contributed by atoms with Gasteiger partial charge in [0.1, 0.15) is 5.76 Å². The number of pyridine rings is 1. The van der Waals surface area contributed by atoms with E-state index in [9.17, 15) is 4.79 Å². The molecule has 2 atom stereocenters. The van der Waals surface area contributed by atoms with Crippen LogP contribution in [-0.2, 0) is 6.42 Å². The van der Waals surface area contributed by atoms with E-state index in [1.54, 1.807) is 0 Å². The zero-order chi connectivity index (χ0) is 14.7. The third-order valence-corrected chi connectivity index (χ3v) is 5.18. The Balaban J connectivity index is 1.48. The first-order valence-electron chi connectivity index (χ1n) is 8.04. The zero-order valence-corrected chi connectivity index (χ0v) is 12.2. The number of nitrogens with zero attached hydrogens (tertiary/aromatic N) is 3. The molecule has 1 saturated heterocycles. The molecule has 5 nitrogen and oxygen atoms in total. The first-order valence-corrected chi connectivity index (χ1v) is 8.04. The molecule has 0 aromatic carbocycles. The molecule has 2 aromatic rings. The summed E-state index contributed by atoms with van der Waals surface area (Å²) in [6, 6.07) is 6.31. The van der Waals surface area contributed by atoms with E-state index in [0.29, 0.717) is 11.6 Å². The summed E-state index contributed by atoms with van der Waals surface area (Å²) in [7, 11) is 0. The normalized spacial score (nSPS) is 26.1. The lowest BCUT2D eigenvalue weighted by Gasteiger charge is -2.35. The van der Waals surface area contributed by atoms with Gasteiger partial charge in [-0.2, -0.15) is 0 Å². The predicted molar refractivity (Wildman–Crippen MR) is 78.4 cm³/mol. The number of hydrogen-bond acceptors (Lipinski definition) is 4. The van der Waals surface area contributed by atoms with Crippen molar-refractivity contribution in [3.63, 3.8) is 0 Å². The highest BCUT2D eigenvalue weighted by Gasteiger charge is 2.44. The maximum Gasteiger partial charge on any atom is 0.276 e. The highest BCUT2D eigenvalue weighted by molar-refractivity contribution is 5.93. The molecule has 0 N–H and O–H groups in total. The Kier molecular flexibility index (Phi) is 2.48. The number of hydrogen-bond donors (Lipinski definition) is 0. The largest absolute Gasteiger partial charge is 0.360 e. The van der Waals surface area contributed by atoms with Gasteiger partial charge in [0.05, 0.1) is 6.04 Å². The molecule has 0 radical (unpaired) electrons. The van der Waals surface area contributed by atoms with E-state index in [-0.39, 0.29) is 18.0 Å². The van der Waals surface area contributed by atoms with E-state index in [1.807, 2.05) is 23.2 Å². The average molecular weight is 295 g/mol. The van der Waals surface area contributed by atoms with Crippen molar-refractivity contribution in [3.05, 3.63) is 47.1 Å². The lowest BCUT2D eigenvalue weighted by molar-refractivity contribution is 0.0633. The smallest absolute Gasteiger partial charge is 0.276 e. The van der Waals surface area contributed by atoms with Crippen molar-refractivity contribution >= 4 is 5.91 Å². The first-order chi connectivity index (χ1) is 10.8. The highest BCUT2D eigenvalue weighted by Crippen LogP contribution is 2.44. The van der Waals surface area contributed by atoms with Crippen molar-refractivity contribution < 1.29 is 9.32 Å². The van der Waals surface area contributed by atoms with Crippen LogP contribution in [0.2, 0.25) is 0 Å². The Bertz CT molecular complexity index is 750. The molecule has 2 aliphatic heterocycles. The quantitative estimate of drug-likeness (QED) is 0.854. The molecule has 5 rings (SSSR count). The summed E-state index contributed by atoms with van der Waals surface area (Å²) in [5, 5.41) is 4.02. The van der Waals surface area contributed by atoms with Crippen LogP contribution in [0.1, 0.15) is 65.1 Å². The van der Waals surface area contributed by atoms with Crippen molar-refractivity contribution in [2.45, 2.75) is 50.1 Å². The van der Waals surface area contributed by atoms with E-state index < -0.39 is 0 Å². The topological polar surface area (TPSA) is 59.2 Å². The Morgan fingerprint density at radius 3 is 3.05 bits per heavy atom. The second-order valence-electron chi connectivity index (χ2n) is 6.59. The number of rotatable bonds is 2. The molecule has 1 saturated carbocycles. The summed E-state index contributed by atoms with van der Waals surface area (Å²) in [5.74, 6) is 1.37. The molecule has 4 heterocycles. The van der Waals surface area contributed by atoms with Gasteiger partial charge in [0, 0.05) is 36.3 Å². The van der Waals surface area contributed by atoms with Crippen molar-refractivity contribution in [2.24, 2.45) is 0 Å². The third kappa shape index (κ3) is 1.74. The Morgan fingerprint density at radius 1 is 1.27 bits per heavy atom. The molecule has 0 spiro atoms. The lowest BCUT2D eigenvalue weighted by atomic mass is 9.97. The van der Waals surface area contributed by atoms with Crippen molar-refractivity contribution in [2.75, 3.05) is 0 Å². The molecule has 3 aliphatic rings. The second kappa shape index (κ2) is 4.41. The van der Waals surface area contributed by atoms with E-state index >= 15 is 0 Å². The van der Waals surface area contributed by atoms with Gasteiger partial charge in [-0.25, -0.2) is 0 Å². The van der Waals surface area contributed by atoms with Gasteiger partial charge in [-0.3, -0.25) is 9.78 Å². The molecular formula is C17H17N3O2. The SMILES string of the molecule is O=C(c1cc(C2CC2)on1)N1[C@@H]2CC[C@H]1c1cccnc1C2. The van der Waals surface area contributed by atoms with Crippen LogP contribution < -0.4 is 0 Å². The van der Waals surface area contributed by atoms with Crippen molar-refractivity contribution in [3.8, 4) is 0 Å². The van der Waals surface area contributed by atoms with Crippen molar-refractivity contribution in [1.29, 1.82) is 0 Å². The summed E-state index contributed by atoms with van der Waals surface area (Å²) in [5.41, 5.74) is 2.82. The van der Waals surface area contributed by atoms with Crippen molar-refractivity contribution in [1.82, 2.24) is 15.0 Å². The number of carbonyl (C=O) groups excluding carboxylic acids is 1. The Morgan fingerprint density at radius 2 is 2.18 bits per heavy atom. The van der Waals surface area contributed by atoms with Gasteiger partial charge in [-0.15, -0.1) is 0 Å². The summed E-state index contributed by atoms with van der Waals surface area (Å²) >= 11 is 0. The van der Waals surface area contributed by atoms with Crippen LogP contribution in [-0.4, -0.2) is 27.0 Å². The molecule has 1 amide bonds. The predicted octanol–water partition coefficient (Wildman–Crippen LogP) is 2.85. The van der Waals surface area contributed by atoms with Crippen LogP contribution in [0.25, 0.3) is 0 Å². The number of aromatic nitrogens is 2. The number of carbonyl (C=O) groups is 1. The van der Waals surface area contributed by atoms with Gasteiger partial charge in [-0.1, -0.05) is 11.2 Å². The maximum absolute atomic E-state index is 12.9. The second-order valence-corrected chi connectivity index (χ2v) is 6.59. The lowest BCUT2D eigenvalue weighted by Crippen LogP contribution is -2.42. The standard InChI is InChI=1S/C17H17N3O2/c21-17(14-9-16(22-19-14)10-3-4-10)20-11-5-6-15(20)12-2-1-7-18-13(12)8-11/h1-2,7,9-11,15H,3-6,8H2/t11-,15+/m1/s1. The monoisotopic (exact) mass is 295 g/mol. The fourth-order valence-electron chi connectivity index (χ4n) is 3.93.